The predicted octanol–water partition coefficient (Wildman–Crippen LogP) is 5.47. The molecule has 148 valence electrons. The lowest BCUT2D eigenvalue weighted by Gasteiger charge is -2.15. The average molecular weight is 445 g/mol. The van der Waals surface area contributed by atoms with E-state index in [1.165, 1.54) is 11.8 Å². The minimum absolute atomic E-state index is 0.0956. The highest BCUT2D eigenvalue weighted by Crippen LogP contribution is 2.27. The number of carbonyl (C=O) groups excluding carboxylic acids is 1. The number of aryl methyl sites for hydroxylation is 1. The standard InChI is InChI=1S/C21H18Cl2N4OS/c1-12-9-19-25-26-21(27(19)18-6-4-3-5-15(12)18)29-11-20(28)24-13(2)14-7-8-16(22)17(23)10-14/h3-10,13H,11H2,1-2H3,(H,24,28). The molecule has 0 fully saturated rings. The number of nitrogens with one attached hydrogen (secondary N) is 1. The summed E-state index contributed by atoms with van der Waals surface area (Å²) in [5, 5.41) is 14.3. The van der Waals surface area contributed by atoms with Gasteiger partial charge in [-0.1, -0.05) is 59.2 Å². The van der Waals surface area contributed by atoms with Gasteiger partial charge in [-0.25, -0.2) is 0 Å². The number of pyridine rings is 1. The van der Waals surface area contributed by atoms with Crippen molar-refractivity contribution >= 4 is 57.4 Å². The van der Waals surface area contributed by atoms with E-state index >= 15 is 0 Å². The first-order chi connectivity index (χ1) is 13.9. The van der Waals surface area contributed by atoms with Gasteiger partial charge in [0.1, 0.15) is 0 Å². The fourth-order valence-electron chi connectivity index (χ4n) is 3.25. The van der Waals surface area contributed by atoms with E-state index in [9.17, 15) is 4.79 Å². The second-order valence-electron chi connectivity index (χ2n) is 6.77. The van der Waals surface area contributed by atoms with Crippen LogP contribution >= 0.6 is 35.0 Å². The van der Waals surface area contributed by atoms with Crippen LogP contribution in [0.25, 0.3) is 16.6 Å². The van der Waals surface area contributed by atoms with Crippen LogP contribution in [0.5, 0.6) is 0 Å². The van der Waals surface area contributed by atoms with Crippen molar-refractivity contribution in [1.82, 2.24) is 19.9 Å². The summed E-state index contributed by atoms with van der Waals surface area (Å²) in [7, 11) is 0. The van der Waals surface area contributed by atoms with Gasteiger partial charge in [-0.05, 0) is 49.2 Å². The number of hydrogen-bond acceptors (Lipinski definition) is 4. The smallest absolute Gasteiger partial charge is 0.230 e. The van der Waals surface area contributed by atoms with Gasteiger partial charge < -0.3 is 5.32 Å². The molecule has 1 N–H and O–H groups in total. The number of carbonyl (C=O) groups is 1. The van der Waals surface area contributed by atoms with E-state index < -0.39 is 0 Å². The van der Waals surface area contributed by atoms with Crippen molar-refractivity contribution in [3.8, 4) is 0 Å². The van der Waals surface area contributed by atoms with Crippen LogP contribution < -0.4 is 5.32 Å². The average Bonchev–Trinajstić information content (AvgIpc) is 3.11. The third-order valence-electron chi connectivity index (χ3n) is 4.73. The molecule has 0 saturated carbocycles. The number of aromatic nitrogens is 3. The Morgan fingerprint density at radius 3 is 2.72 bits per heavy atom. The summed E-state index contributed by atoms with van der Waals surface area (Å²) in [6.07, 6.45) is 0. The third kappa shape index (κ3) is 4.06. The number of benzene rings is 2. The monoisotopic (exact) mass is 444 g/mol. The Balaban J connectivity index is 1.50. The summed E-state index contributed by atoms with van der Waals surface area (Å²) >= 11 is 13.4. The highest BCUT2D eigenvalue weighted by molar-refractivity contribution is 7.99. The Morgan fingerprint density at radius 2 is 1.93 bits per heavy atom. The molecule has 8 heteroatoms. The number of thioether (sulfide) groups is 1. The Morgan fingerprint density at radius 1 is 1.14 bits per heavy atom. The van der Waals surface area contributed by atoms with Gasteiger partial charge in [-0.3, -0.25) is 9.20 Å². The van der Waals surface area contributed by atoms with Gasteiger partial charge in [-0.15, -0.1) is 10.2 Å². The van der Waals surface area contributed by atoms with E-state index in [1.807, 2.05) is 41.7 Å². The molecule has 2 heterocycles. The van der Waals surface area contributed by atoms with E-state index in [0.717, 1.165) is 27.7 Å². The van der Waals surface area contributed by atoms with Crippen molar-refractivity contribution in [2.75, 3.05) is 5.75 Å². The van der Waals surface area contributed by atoms with E-state index in [-0.39, 0.29) is 17.7 Å². The summed E-state index contributed by atoms with van der Waals surface area (Å²) in [6.45, 7) is 3.96. The Bertz CT molecular complexity index is 1220. The number of fused-ring (bicyclic) bond motifs is 3. The van der Waals surface area contributed by atoms with E-state index in [4.69, 9.17) is 23.2 Å². The van der Waals surface area contributed by atoms with Crippen molar-refractivity contribution in [1.29, 1.82) is 0 Å². The van der Waals surface area contributed by atoms with E-state index in [2.05, 4.69) is 28.5 Å². The van der Waals surface area contributed by atoms with Crippen molar-refractivity contribution in [3.05, 3.63) is 69.7 Å². The molecule has 0 saturated heterocycles. The molecule has 1 atom stereocenters. The van der Waals surface area contributed by atoms with E-state index in [1.54, 1.807) is 12.1 Å². The van der Waals surface area contributed by atoms with Crippen molar-refractivity contribution in [2.45, 2.75) is 25.0 Å². The number of halogens is 2. The lowest BCUT2D eigenvalue weighted by molar-refractivity contribution is -0.119. The maximum absolute atomic E-state index is 12.5. The van der Waals surface area contributed by atoms with Crippen LogP contribution in [-0.4, -0.2) is 26.3 Å². The van der Waals surface area contributed by atoms with Gasteiger partial charge in [0.2, 0.25) is 5.91 Å². The molecule has 0 aliphatic heterocycles. The molecule has 4 rings (SSSR count). The predicted molar refractivity (Wildman–Crippen MR) is 119 cm³/mol. The molecule has 29 heavy (non-hydrogen) atoms. The van der Waals surface area contributed by atoms with Crippen LogP contribution in [0, 0.1) is 6.92 Å². The van der Waals surface area contributed by atoms with Gasteiger partial charge in [0.25, 0.3) is 0 Å². The van der Waals surface area contributed by atoms with Crippen LogP contribution in [0.3, 0.4) is 0 Å². The van der Waals surface area contributed by atoms with Crippen LogP contribution in [0.4, 0.5) is 0 Å². The quantitative estimate of drug-likeness (QED) is 0.414. The highest BCUT2D eigenvalue weighted by atomic mass is 35.5. The molecule has 1 amide bonds. The fourth-order valence-corrected chi connectivity index (χ4v) is 4.32. The lowest BCUT2D eigenvalue weighted by Crippen LogP contribution is -2.28. The topological polar surface area (TPSA) is 59.3 Å². The first-order valence-electron chi connectivity index (χ1n) is 9.04. The summed E-state index contributed by atoms with van der Waals surface area (Å²) in [5.74, 6) is 0.135. The molecule has 2 aromatic carbocycles. The second-order valence-corrected chi connectivity index (χ2v) is 8.53. The Kier molecular flexibility index (Phi) is 5.67. The second kappa shape index (κ2) is 8.22. The molecule has 0 aliphatic carbocycles. The minimum atomic E-state index is -0.184. The van der Waals surface area contributed by atoms with Crippen molar-refractivity contribution in [2.24, 2.45) is 0 Å². The largest absolute Gasteiger partial charge is 0.349 e. The van der Waals surface area contributed by atoms with Crippen LogP contribution in [0.2, 0.25) is 10.0 Å². The zero-order valence-electron chi connectivity index (χ0n) is 15.8. The number of nitrogens with zero attached hydrogens (tertiary/aromatic N) is 3. The van der Waals surface area contributed by atoms with Gasteiger partial charge in [0.15, 0.2) is 10.8 Å². The molecule has 0 aliphatic rings. The molecule has 0 bridgehead atoms. The maximum atomic E-state index is 12.5. The van der Waals surface area contributed by atoms with Crippen LogP contribution in [-0.2, 0) is 4.79 Å². The molecular formula is C21H18Cl2N4OS. The summed E-state index contributed by atoms with van der Waals surface area (Å²) < 4.78 is 1.99. The molecule has 4 aromatic rings. The molecule has 5 nitrogen and oxygen atoms in total. The molecule has 0 radical (unpaired) electrons. The first-order valence-corrected chi connectivity index (χ1v) is 10.8. The maximum Gasteiger partial charge on any atom is 0.230 e. The van der Waals surface area contributed by atoms with E-state index in [0.29, 0.717) is 15.2 Å². The summed E-state index contributed by atoms with van der Waals surface area (Å²) in [6, 6.07) is 15.3. The van der Waals surface area contributed by atoms with Gasteiger partial charge >= 0.3 is 0 Å². The third-order valence-corrected chi connectivity index (χ3v) is 6.40. The van der Waals surface area contributed by atoms with Gasteiger partial charge in [0.05, 0.1) is 27.4 Å². The normalized spacial score (nSPS) is 12.4. The molecule has 0 spiro atoms. The Hall–Kier alpha value is -2.28. The summed E-state index contributed by atoms with van der Waals surface area (Å²) in [5.41, 5.74) is 3.84. The van der Waals surface area contributed by atoms with Gasteiger partial charge in [0, 0.05) is 5.39 Å². The zero-order valence-corrected chi connectivity index (χ0v) is 18.1. The first kappa shape index (κ1) is 20.0. The van der Waals surface area contributed by atoms with Crippen LogP contribution in [0.1, 0.15) is 24.1 Å². The minimum Gasteiger partial charge on any atom is -0.349 e. The molecule has 2 aromatic heterocycles. The van der Waals surface area contributed by atoms with Crippen molar-refractivity contribution in [3.63, 3.8) is 0 Å². The SMILES string of the molecule is Cc1cc2nnc(SCC(=O)NC(C)c3ccc(Cl)c(Cl)c3)n2c2ccccc12. The van der Waals surface area contributed by atoms with Gasteiger partial charge in [-0.2, -0.15) is 0 Å². The van der Waals surface area contributed by atoms with Crippen LogP contribution in [0.15, 0.2) is 53.7 Å². The fraction of sp³-hybridized carbons (Fsp3) is 0.190. The summed E-state index contributed by atoms with van der Waals surface area (Å²) in [4.78, 5) is 12.5. The van der Waals surface area contributed by atoms with Crippen molar-refractivity contribution < 1.29 is 4.79 Å². The molecular weight excluding hydrogens is 427 g/mol. The Labute approximate surface area is 182 Å². The highest BCUT2D eigenvalue weighted by Gasteiger charge is 2.15. The lowest BCUT2D eigenvalue weighted by atomic mass is 10.1. The molecule has 1 unspecified atom stereocenters. The number of para-hydroxylation sites is 1. The number of rotatable bonds is 5. The number of amides is 1. The number of hydrogen-bond donors (Lipinski definition) is 1. The zero-order chi connectivity index (χ0) is 20.5.